The molecule has 1 aliphatic heterocycles. The number of para-hydroxylation sites is 1. The lowest BCUT2D eigenvalue weighted by molar-refractivity contribution is -0.133. The van der Waals surface area contributed by atoms with Gasteiger partial charge in [-0.1, -0.05) is 18.2 Å². The molecular formula is C19H27N3O3. The third-order valence-electron chi connectivity index (χ3n) is 4.58. The van der Waals surface area contributed by atoms with E-state index in [0.29, 0.717) is 38.7 Å². The van der Waals surface area contributed by atoms with Gasteiger partial charge in [-0.15, -0.1) is 0 Å². The van der Waals surface area contributed by atoms with Crippen molar-refractivity contribution in [2.75, 3.05) is 39.3 Å². The Morgan fingerprint density at radius 3 is 2.48 bits per heavy atom. The number of carbonyl (C=O) groups is 2. The number of rotatable bonds is 8. The summed E-state index contributed by atoms with van der Waals surface area (Å²) >= 11 is 0. The molecular weight excluding hydrogens is 318 g/mol. The smallest absolute Gasteiger partial charge is 0.234 e. The van der Waals surface area contributed by atoms with Crippen molar-refractivity contribution in [1.29, 1.82) is 0 Å². The molecule has 6 nitrogen and oxygen atoms in total. The molecule has 1 aliphatic carbocycles. The van der Waals surface area contributed by atoms with E-state index in [0.717, 1.165) is 38.1 Å². The van der Waals surface area contributed by atoms with Gasteiger partial charge in [-0.05, 0) is 31.4 Å². The van der Waals surface area contributed by atoms with Gasteiger partial charge in [0, 0.05) is 38.6 Å². The number of amides is 2. The van der Waals surface area contributed by atoms with Crippen LogP contribution in [-0.4, -0.2) is 67.0 Å². The van der Waals surface area contributed by atoms with Crippen LogP contribution in [0.1, 0.15) is 25.7 Å². The third-order valence-corrected chi connectivity index (χ3v) is 4.58. The zero-order valence-corrected chi connectivity index (χ0v) is 14.7. The van der Waals surface area contributed by atoms with E-state index in [2.05, 4.69) is 10.2 Å². The predicted molar refractivity (Wildman–Crippen MR) is 95.4 cm³/mol. The van der Waals surface area contributed by atoms with Crippen molar-refractivity contribution in [2.45, 2.75) is 31.7 Å². The molecule has 1 saturated carbocycles. The van der Waals surface area contributed by atoms with Crippen LogP contribution in [0, 0.1) is 0 Å². The molecule has 1 aromatic rings. The van der Waals surface area contributed by atoms with Crippen LogP contribution in [0.25, 0.3) is 0 Å². The molecule has 2 amide bonds. The summed E-state index contributed by atoms with van der Waals surface area (Å²) in [6.45, 7) is 3.94. The van der Waals surface area contributed by atoms with Gasteiger partial charge in [-0.25, -0.2) is 0 Å². The molecule has 1 aromatic carbocycles. The molecule has 1 N–H and O–H groups in total. The maximum Gasteiger partial charge on any atom is 0.234 e. The average Bonchev–Trinajstić information content (AvgIpc) is 3.44. The summed E-state index contributed by atoms with van der Waals surface area (Å²) in [5, 5.41) is 3.01. The topological polar surface area (TPSA) is 61.9 Å². The molecule has 2 fully saturated rings. The number of benzene rings is 1. The number of carbonyl (C=O) groups excluding carboxylic acids is 2. The van der Waals surface area contributed by atoms with Crippen LogP contribution < -0.4 is 10.1 Å². The fraction of sp³-hybridized carbons (Fsp3) is 0.579. The van der Waals surface area contributed by atoms with Crippen molar-refractivity contribution in [3.8, 4) is 5.75 Å². The highest BCUT2D eigenvalue weighted by Crippen LogP contribution is 2.18. The lowest BCUT2D eigenvalue weighted by Gasteiger charge is -2.34. The van der Waals surface area contributed by atoms with Gasteiger partial charge in [-0.3, -0.25) is 14.5 Å². The van der Waals surface area contributed by atoms with Crippen LogP contribution in [0.4, 0.5) is 0 Å². The van der Waals surface area contributed by atoms with Gasteiger partial charge >= 0.3 is 0 Å². The molecule has 136 valence electrons. The maximum atomic E-state index is 12.3. The number of hydrogen-bond donors (Lipinski definition) is 1. The minimum Gasteiger partial charge on any atom is -0.494 e. The molecule has 0 radical (unpaired) electrons. The summed E-state index contributed by atoms with van der Waals surface area (Å²) in [5.74, 6) is 1.13. The monoisotopic (exact) mass is 345 g/mol. The van der Waals surface area contributed by atoms with E-state index in [9.17, 15) is 9.59 Å². The molecule has 25 heavy (non-hydrogen) atoms. The molecule has 1 heterocycles. The Morgan fingerprint density at radius 1 is 1.08 bits per heavy atom. The number of hydrogen-bond acceptors (Lipinski definition) is 4. The highest BCUT2D eigenvalue weighted by molar-refractivity contribution is 5.79. The minimum atomic E-state index is 0.111. The first-order chi connectivity index (χ1) is 12.2. The zero-order valence-electron chi connectivity index (χ0n) is 14.7. The van der Waals surface area contributed by atoms with E-state index in [1.54, 1.807) is 0 Å². The Morgan fingerprint density at radius 2 is 1.80 bits per heavy atom. The van der Waals surface area contributed by atoms with Crippen molar-refractivity contribution in [3.63, 3.8) is 0 Å². The second-order valence-corrected chi connectivity index (χ2v) is 6.76. The standard InChI is InChI=1S/C19H27N3O3/c23-18(20-16-8-9-16)15-21-10-12-22(13-11-21)19(24)7-4-14-25-17-5-2-1-3-6-17/h1-3,5-6,16H,4,7-15H2,(H,20,23). The van der Waals surface area contributed by atoms with Gasteiger partial charge in [0.05, 0.1) is 13.2 Å². The maximum absolute atomic E-state index is 12.3. The highest BCUT2D eigenvalue weighted by Gasteiger charge is 2.26. The number of ether oxygens (including phenoxy) is 1. The normalized spacial score (nSPS) is 18.0. The van der Waals surface area contributed by atoms with Gasteiger partial charge in [0.25, 0.3) is 0 Å². The lowest BCUT2D eigenvalue weighted by Crippen LogP contribution is -2.51. The van der Waals surface area contributed by atoms with Crippen LogP contribution in [0.2, 0.25) is 0 Å². The van der Waals surface area contributed by atoms with E-state index in [1.807, 2.05) is 35.2 Å². The Bertz CT molecular complexity index is 567. The molecule has 0 atom stereocenters. The minimum absolute atomic E-state index is 0.111. The predicted octanol–water partition coefficient (Wildman–Crippen LogP) is 1.27. The van der Waals surface area contributed by atoms with Crippen molar-refractivity contribution in [1.82, 2.24) is 15.1 Å². The molecule has 3 rings (SSSR count). The Hall–Kier alpha value is -2.08. The Balaban J connectivity index is 1.28. The number of piperazine rings is 1. The van der Waals surface area contributed by atoms with Crippen LogP contribution in [0.15, 0.2) is 30.3 Å². The molecule has 6 heteroatoms. The lowest BCUT2D eigenvalue weighted by atomic mass is 10.2. The number of nitrogens with zero attached hydrogens (tertiary/aromatic N) is 2. The van der Waals surface area contributed by atoms with Crippen LogP contribution in [-0.2, 0) is 9.59 Å². The third kappa shape index (κ3) is 6.05. The summed E-state index contributed by atoms with van der Waals surface area (Å²) in [6, 6.07) is 10.1. The van der Waals surface area contributed by atoms with Gasteiger partial charge in [0.2, 0.25) is 11.8 Å². The molecule has 2 aliphatic rings. The van der Waals surface area contributed by atoms with Crippen molar-refractivity contribution < 1.29 is 14.3 Å². The van der Waals surface area contributed by atoms with Crippen molar-refractivity contribution in [3.05, 3.63) is 30.3 Å². The fourth-order valence-electron chi connectivity index (χ4n) is 2.95. The summed E-state index contributed by atoms with van der Waals surface area (Å²) in [6.07, 6.45) is 3.46. The van der Waals surface area contributed by atoms with E-state index in [-0.39, 0.29) is 11.8 Å². The summed E-state index contributed by atoms with van der Waals surface area (Å²) < 4.78 is 5.62. The second kappa shape index (κ2) is 8.85. The van der Waals surface area contributed by atoms with E-state index >= 15 is 0 Å². The Kier molecular flexibility index (Phi) is 6.28. The summed E-state index contributed by atoms with van der Waals surface area (Å²) in [5.41, 5.74) is 0. The fourth-order valence-corrected chi connectivity index (χ4v) is 2.95. The van der Waals surface area contributed by atoms with Gasteiger partial charge in [-0.2, -0.15) is 0 Å². The van der Waals surface area contributed by atoms with Crippen molar-refractivity contribution >= 4 is 11.8 Å². The SMILES string of the molecule is O=C(CN1CCN(C(=O)CCCOc2ccccc2)CC1)NC1CC1. The van der Waals surface area contributed by atoms with Gasteiger partial charge in [0.15, 0.2) is 0 Å². The molecule has 1 saturated heterocycles. The molecule has 0 unspecified atom stereocenters. The summed E-state index contributed by atoms with van der Waals surface area (Å²) in [7, 11) is 0. The Labute approximate surface area is 149 Å². The highest BCUT2D eigenvalue weighted by atomic mass is 16.5. The van der Waals surface area contributed by atoms with Crippen LogP contribution in [0.5, 0.6) is 5.75 Å². The van der Waals surface area contributed by atoms with Crippen molar-refractivity contribution in [2.24, 2.45) is 0 Å². The van der Waals surface area contributed by atoms with Gasteiger partial charge in [0.1, 0.15) is 5.75 Å². The van der Waals surface area contributed by atoms with Crippen LogP contribution in [0.3, 0.4) is 0 Å². The molecule has 0 spiro atoms. The first kappa shape index (κ1) is 17.7. The molecule has 0 aromatic heterocycles. The average molecular weight is 345 g/mol. The second-order valence-electron chi connectivity index (χ2n) is 6.76. The van der Waals surface area contributed by atoms with E-state index in [4.69, 9.17) is 4.74 Å². The zero-order chi connectivity index (χ0) is 17.5. The largest absolute Gasteiger partial charge is 0.494 e. The van der Waals surface area contributed by atoms with Crippen LogP contribution >= 0.6 is 0 Å². The summed E-state index contributed by atoms with van der Waals surface area (Å²) in [4.78, 5) is 28.1. The first-order valence-corrected chi connectivity index (χ1v) is 9.18. The molecule has 0 bridgehead atoms. The van der Waals surface area contributed by atoms with E-state index < -0.39 is 0 Å². The van der Waals surface area contributed by atoms with E-state index in [1.165, 1.54) is 0 Å². The number of nitrogens with one attached hydrogen (secondary N) is 1. The first-order valence-electron chi connectivity index (χ1n) is 9.18. The quantitative estimate of drug-likeness (QED) is 0.721. The van der Waals surface area contributed by atoms with Gasteiger partial charge < -0.3 is 15.0 Å².